The number of hydrogen-bond acceptors (Lipinski definition) is 3. The number of nitrogens with two attached hydrogens (primary N) is 1. The summed E-state index contributed by atoms with van der Waals surface area (Å²) in [7, 11) is 4.02. The van der Waals surface area contributed by atoms with Crippen LogP contribution in [0.4, 0.5) is 0 Å². The molecule has 20 heavy (non-hydrogen) atoms. The van der Waals surface area contributed by atoms with Crippen LogP contribution < -0.4 is 11.1 Å². The van der Waals surface area contributed by atoms with Crippen molar-refractivity contribution in [3.63, 3.8) is 0 Å². The molecule has 0 radical (unpaired) electrons. The lowest BCUT2D eigenvalue weighted by Crippen LogP contribution is -2.35. The Kier molecular flexibility index (Phi) is 7.26. The molecule has 2 atom stereocenters. The van der Waals surface area contributed by atoms with E-state index in [1.807, 2.05) is 39.2 Å². The Balaban J connectivity index is 2.55. The number of rotatable bonds is 8. The van der Waals surface area contributed by atoms with Gasteiger partial charge >= 0.3 is 0 Å². The van der Waals surface area contributed by atoms with E-state index in [1.54, 1.807) is 0 Å². The van der Waals surface area contributed by atoms with Crippen molar-refractivity contribution in [2.45, 2.75) is 38.3 Å². The molecule has 0 fully saturated rings. The van der Waals surface area contributed by atoms with Gasteiger partial charge < -0.3 is 16.0 Å². The van der Waals surface area contributed by atoms with E-state index in [1.165, 1.54) is 0 Å². The van der Waals surface area contributed by atoms with Crippen molar-refractivity contribution in [1.82, 2.24) is 10.2 Å². The van der Waals surface area contributed by atoms with E-state index < -0.39 is 0 Å². The van der Waals surface area contributed by atoms with Gasteiger partial charge in [-0.2, -0.15) is 0 Å². The molecule has 0 heterocycles. The highest BCUT2D eigenvalue weighted by molar-refractivity contribution is 5.76. The zero-order chi connectivity index (χ0) is 15.0. The maximum atomic E-state index is 12.0. The zero-order valence-electron chi connectivity index (χ0n) is 12.8. The summed E-state index contributed by atoms with van der Waals surface area (Å²) >= 11 is 0. The van der Waals surface area contributed by atoms with Crippen LogP contribution in [0.2, 0.25) is 0 Å². The van der Waals surface area contributed by atoms with Crippen LogP contribution in [0.1, 0.15) is 37.8 Å². The van der Waals surface area contributed by atoms with E-state index in [2.05, 4.69) is 22.3 Å². The van der Waals surface area contributed by atoms with Crippen molar-refractivity contribution < 1.29 is 4.79 Å². The summed E-state index contributed by atoms with van der Waals surface area (Å²) in [5.41, 5.74) is 6.84. The quantitative estimate of drug-likeness (QED) is 0.763. The summed E-state index contributed by atoms with van der Waals surface area (Å²) in [6, 6.07) is 10.3. The normalized spacial score (nSPS) is 14.1. The highest BCUT2D eigenvalue weighted by Gasteiger charge is 2.15. The second-order valence-electron chi connectivity index (χ2n) is 5.66. The average molecular weight is 277 g/mol. The second-order valence-corrected chi connectivity index (χ2v) is 5.66. The fourth-order valence-corrected chi connectivity index (χ4v) is 2.14. The maximum Gasteiger partial charge on any atom is 0.220 e. The molecule has 0 aliphatic rings. The lowest BCUT2D eigenvalue weighted by molar-refractivity contribution is -0.122. The SMILES string of the molecule is CC(N)CCCC(=O)NC(CN(C)C)c1ccccc1. The molecule has 0 aromatic heterocycles. The molecule has 3 N–H and O–H groups in total. The first-order valence-electron chi connectivity index (χ1n) is 7.23. The first-order valence-corrected chi connectivity index (χ1v) is 7.23. The minimum atomic E-state index is 0.0361. The van der Waals surface area contributed by atoms with Gasteiger partial charge in [-0.3, -0.25) is 4.79 Å². The van der Waals surface area contributed by atoms with Crippen LogP contribution in [-0.2, 0) is 4.79 Å². The minimum Gasteiger partial charge on any atom is -0.348 e. The fourth-order valence-electron chi connectivity index (χ4n) is 2.14. The summed E-state index contributed by atoms with van der Waals surface area (Å²) in [5.74, 6) is 0.0985. The largest absolute Gasteiger partial charge is 0.348 e. The predicted octanol–water partition coefficient (Wildman–Crippen LogP) is 1.92. The van der Waals surface area contributed by atoms with Gasteiger partial charge in [0.25, 0.3) is 0 Å². The topological polar surface area (TPSA) is 58.4 Å². The third kappa shape index (κ3) is 6.68. The highest BCUT2D eigenvalue weighted by atomic mass is 16.1. The summed E-state index contributed by atoms with van der Waals surface area (Å²) in [6.07, 6.45) is 2.27. The summed E-state index contributed by atoms with van der Waals surface area (Å²) in [6.45, 7) is 2.76. The van der Waals surface area contributed by atoms with Crippen LogP contribution in [-0.4, -0.2) is 37.5 Å². The van der Waals surface area contributed by atoms with Gasteiger partial charge in [-0.15, -0.1) is 0 Å². The monoisotopic (exact) mass is 277 g/mol. The molecule has 1 amide bonds. The Hall–Kier alpha value is -1.39. The van der Waals surface area contributed by atoms with Crippen LogP contribution in [0.5, 0.6) is 0 Å². The van der Waals surface area contributed by atoms with Gasteiger partial charge in [-0.1, -0.05) is 30.3 Å². The Morgan fingerprint density at radius 3 is 2.50 bits per heavy atom. The van der Waals surface area contributed by atoms with Crippen molar-refractivity contribution in [2.24, 2.45) is 5.73 Å². The molecule has 0 saturated carbocycles. The van der Waals surface area contributed by atoms with Crippen molar-refractivity contribution >= 4 is 5.91 Å². The number of hydrogen-bond donors (Lipinski definition) is 2. The summed E-state index contributed by atoms with van der Waals surface area (Å²) in [4.78, 5) is 14.1. The van der Waals surface area contributed by atoms with Crippen LogP contribution in [0.25, 0.3) is 0 Å². The molecule has 0 aliphatic heterocycles. The Bertz CT molecular complexity index is 390. The van der Waals surface area contributed by atoms with Gasteiger partial charge in [0, 0.05) is 19.0 Å². The van der Waals surface area contributed by atoms with Gasteiger partial charge in [0.1, 0.15) is 0 Å². The molecule has 0 aliphatic carbocycles. The Labute approximate surface area is 122 Å². The van der Waals surface area contributed by atoms with Crippen LogP contribution in [0.15, 0.2) is 30.3 Å². The van der Waals surface area contributed by atoms with E-state index in [-0.39, 0.29) is 18.0 Å². The van der Waals surface area contributed by atoms with Gasteiger partial charge in [-0.25, -0.2) is 0 Å². The summed E-state index contributed by atoms with van der Waals surface area (Å²) in [5, 5.41) is 3.12. The lowest BCUT2D eigenvalue weighted by Gasteiger charge is -2.23. The van der Waals surface area contributed by atoms with Gasteiger partial charge in [0.05, 0.1) is 6.04 Å². The Morgan fingerprint density at radius 2 is 1.95 bits per heavy atom. The first-order chi connectivity index (χ1) is 9.49. The van der Waals surface area contributed by atoms with Crippen LogP contribution in [0, 0.1) is 0 Å². The zero-order valence-corrected chi connectivity index (χ0v) is 12.8. The lowest BCUT2D eigenvalue weighted by atomic mass is 10.1. The second kappa shape index (κ2) is 8.72. The predicted molar refractivity (Wildman–Crippen MR) is 83.4 cm³/mol. The van der Waals surface area contributed by atoms with Gasteiger partial charge in [0.15, 0.2) is 0 Å². The molecular formula is C16H27N3O. The molecule has 0 saturated heterocycles. The molecule has 0 spiro atoms. The maximum absolute atomic E-state index is 12.0. The Morgan fingerprint density at radius 1 is 1.30 bits per heavy atom. The van der Waals surface area contributed by atoms with E-state index in [4.69, 9.17) is 5.73 Å². The van der Waals surface area contributed by atoms with E-state index in [0.29, 0.717) is 6.42 Å². The molecule has 1 aromatic rings. The molecule has 1 rings (SSSR count). The molecule has 1 aromatic carbocycles. The van der Waals surface area contributed by atoms with E-state index in [9.17, 15) is 4.79 Å². The molecule has 4 heteroatoms. The number of nitrogens with zero attached hydrogens (tertiary/aromatic N) is 1. The molecule has 4 nitrogen and oxygen atoms in total. The van der Waals surface area contributed by atoms with Crippen LogP contribution >= 0.6 is 0 Å². The van der Waals surface area contributed by atoms with Crippen molar-refractivity contribution in [1.29, 1.82) is 0 Å². The van der Waals surface area contributed by atoms with Crippen molar-refractivity contribution in [2.75, 3.05) is 20.6 Å². The van der Waals surface area contributed by atoms with Crippen molar-refractivity contribution in [3.05, 3.63) is 35.9 Å². The van der Waals surface area contributed by atoms with Gasteiger partial charge in [0.2, 0.25) is 5.91 Å². The molecule has 0 bridgehead atoms. The van der Waals surface area contributed by atoms with Gasteiger partial charge in [-0.05, 0) is 39.4 Å². The number of amides is 1. The van der Waals surface area contributed by atoms with Crippen LogP contribution in [0.3, 0.4) is 0 Å². The fraction of sp³-hybridized carbons (Fsp3) is 0.562. The molecule has 2 unspecified atom stereocenters. The van der Waals surface area contributed by atoms with E-state index in [0.717, 1.165) is 24.9 Å². The summed E-state index contributed by atoms with van der Waals surface area (Å²) < 4.78 is 0. The molecular weight excluding hydrogens is 250 g/mol. The van der Waals surface area contributed by atoms with E-state index >= 15 is 0 Å². The molecule has 112 valence electrons. The number of carbonyl (C=O) groups is 1. The third-order valence-electron chi connectivity index (χ3n) is 3.15. The standard InChI is InChI=1S/C16H27N3O/c1-13(17)8-7-11-16(20)18-15(12-19(2)3)14-9-5-4-6-10-14/h4-6,9-10,13,15H,7-8,11-12,17H2,1-3H3,(H,18,20). The number of benzene rings is 1. The number of likely N-dealkylation sites (N-methyl/N-ethyl adjacent to an activating group) is 1. The smallest absolute Gasteiger partial charge is 0.220 e. The number of nitrogens with one attached hydrogen (secondary N) is 1. The number of carbonyl (C=O) groups excluding carboxylic acids is 1. The first kappa shape index (κ1) is 16.7. The third-order valence-corrected chi connectivity index (χ3v) is 3.15. The highest BCUT2D eigenvalue weighted by Crippen LogP contribution is 2.14. The van der Waals surface area contributed by atoms with Crippen molar-refractivity contribution in [3.8, 4) is 0 Å². The average Bonchev–Trinajstić information content (AvgIpc) is 2.38. The minimum absolute atomic E-state index is 0.0361.